The number of thiophene rings is 1. The molecule has 1 atom stereocenters. The molecule has 0 saturated heterocycles. The topological polar surface area (TPSA) is 15.3 Å². The first kappa shape index (κ1) is 15.0. The van der Waals surface area contributed by atoms with Gasteiger partial charge < -0.3 is 5.32 Å². The monoisotopic (exact) mass is 280 g/mol. The standard InChI is InChI=1S/C16H28N2S/c1-5-6-14(11-17-16(2,3)4)18-9-7-15-13(12-18)8-10-19-15/h8,10,14,17H,5-7,9,11-12H2,1-4H3. The molecule has 0 fully saturated rings. The molecule has 2 heterocycles. The second-order valence-corrected chi connectivity index (χ2v) is 7.66. The van der Waals surface area contributed by atoms with Crippen molar-refractivity contribution in [2.24, 2.45) is 0 Å². The van der Waals surface area contributed by atoms with Crippen LogP contribution in [0.4, 0.5) is 0 Å². The van der Waals surface area contributed by atoms with Gasteiger partial charge in [0, 0.05) is 36.1 Å². The molecule has 1 N–H and O–H groups in total. The third-order valence-corrected chi connectivity index (χ3v) is 4.87. The minimum Gasteiger partial charge on any atom is -0.311 e. The summed E-state index contributed by atoms with van der Waals surface area (Å²) in [5, 5.41) is 5.93. The van der Waals surface area contributed by atoms with Gasteiger partial charge in [0.05, 0.1) is 0 Å². The van der Waals surface area contributed by atoms with E-state index in [1.165, 1.54) is 25.8 Å². The van der Waals surface area contributed by atoms with Crippen LogP contribution in [0, 0.1) is 0 Å². The van der Waals surface area contributed by atoms with Crippen LogP contribution < -0.4 is 5.32 Å². The molecular weight excluding hydrogens is 252 g/mol. The maximum absolute atomic E-state index is 3.68. The summed E-state index contributed by atoms with van der Waals surface area (Å²) in [6.45, 7) is 12.5. The molecule has 0 bridgehead atoms. The van der Waals surface area contributed by atoms with E-state index in [0.717, 1.165) is 13.1 Å². The average Bonchev–Trinajstić information content (AvgIpc) is 2.80. The Labute approximate surface area is 122 Å². The van der Waals surface area contributed by atoms with Crippen LogP contribution in [0.3, 0.4) is 0 Å². The van der Waals surface area contributed by atoms with E-state index in [2.05, 4.69) is 49.4 Å². The van der Waals surface area contributed by atoms with Gasteiger partial charge in [-0.3, -0.25) is 4.90 Å². The molecule has 0 aliphatic carbocycles. The van der Waals surface area contributed by atoms with Crippen LogP contribution in [-0.4, -0.2) is 29.6 Å². The SMILES string of the molecule is CCCC(CNC(C)(C)C)N1CCc2sccc2C1. The molecule has 0 radical (unpaired) electrons. The predicted octanol–water partition coefficient (Wildman–Crippen LogP) is 3.66. The molecule has 1 aromatic heterocycles. The molecule has 2 rings (SSSR count). The average molecular weight is 280 g/mol. The Kier molecular flexibility index (Phi) is 5.04. The first-order valence-corrected chi connectivity index (χ1v) is 8.42. The van der Waals surface area contributed by atoms with Gasteiger partial charge in [0.1, 0.15) is 0 Å². The van der Waals surface area contributed by atoms with Gasteiger partial charge in [-0.2, -0.15) is 0 Å². The molecule has 0 aromatic carbocycles. The molecule has 2 nitrogen and oxygen atoms in total. The van der Waals surface area contributed by atoms with Crippen molar-refractivity contribution >= 4 is 11.3 Å². The first-order valence-electron chi connectivity index (χ1n) is 7.54. The van der Waals surface area contributed by atoms with Crippen molar-refractivity contribution in [1.82, 2.24) is 10.2 Å². The Morgan fingerprint density at radius 3 is 2.89 bits per heavy atom. The number of fused-ring (bicyclic) bond motifs is 1. The summed E-state index contributed by atoms with van der Waals surface area (Å²) >= 11 is 1.93. The van der Waals surface area contributed by atoms with E-state index in [1.54, 1.807) is 10.4 Å². The Morgan fingerprint density at radius 1 is 1.42 bits per heavy atom. The molecule has 0 amide bonds. The number of nitrogens with one attached hydrogen (secondary N) is 1. The number of nitrogens with zero attached hydrogens (tertiary/aromatic N) is 1. The highest BCUT2D eigenvalue weighted by Crippen LogP contribution is 2.26. The van der Waals surface area contributed by atoms with Crippen LogP contribution in [0.2, 0.25) is 0 Å². The van der Waals surface area contributed by atoms with Crippen molar-refractivity contribution in [3.8, 4) is 0 Å². The zero-order valence-electron chi connectivity index (χ0n) is 12.8. The lowest BCUT2D eigenvalue weighted by Crippen LogP contribution is -2.48. The summed E-state index contributed by atoms with van der Waals surface area (Å²) in [4.78, 5) is 4.28. The van der Waals surface area contributed by atoms with Crippen LogP contribution in [-0.2, 0) is 13.0 Å². The molecule has 1 aromatic rings. The maximum Gasteiger partial charge on any atom is 0.0248 e. The highest BCUT2D eigenvalue weighted by Gasteiger charge is 2.24. The fourth-order valence-electron chi connectivity index (χ4n) is 2.75. The normalized spacial score (nSPS) is 18.3. The highest BCUT2D eigenvalue weighted by molar-refractivity contribution is 7.10. The van der Waals surface area contributed by atoms with Gasteiger partial charge >= 0.3 is 0 Å². The molecule has 0 spiro atoms. The van der Waals surface area contributed by atoms with E-state index < -0.39 is 0 Å². The Hall–Kier alpha value is -0.380. The zero-order chi connectivity index (χ0) is 13.9. The maximum atomic E-state index is 3.68. The molecule has 1 unspecified atom stereocenters. The highest BCUT2D eigenvalue weighted by atomic mass is 32.1. The van der Waals surface area contributed by atoms with Gasteiger partial charge in [-0.15, -0.1) is 11.3 Å². The van der Waals surface area contributed by atoms with Crippen molar-refractivity contribution in [2.75, 3.05) is 13.1 Å². The quantitative estimate of drug-likeness (QED) is 0.885. The number of hydrogen-bond acceptors (Lipinski definition) is 3. The number of hydrogen-bond donors (Lipinski definition) is 1. The molecule has 1 aliphatic heterocycles. The van der Waals surface area contributed by atoms with Crippen molar-refractivity contribution in [3.05, 3.63) is 21.9 Å². The van der Waals surface area contributed by atoms with Gasteiger partial charge in [0.25, 0.3) is 0 Å². The Morgan fingerprint density at radius 2 is 2.21 bits per heavy atom. The lowest BCUT2D eigenvalue weighted by Gasteiger charge is -2.36. The van der Waals surface area contributed by atoms with E-state index in [-0.39, 0.29) is 5.54 Å². The summed E-state index contributed by atoms with van der Waals surface area (Å²) in [7, 11) is 0. The van der Waals surface area contributed by atoms with Crippen LogP contribution >= 0.6 is 11.3 Å². The molecular formula is C16H28N2S. The second kappa shape index (κ2) is 6.38. The van der Waals surface area contributed by atoms with E-state index >= 15 is 0 Å². The molecule has 19 heavy (non-hydrogen) atoms. The summed E-state index contributed by atoms with van der Waals surface area (Å²) in [5.74, 6) is 0. The van der Waals surface area contributed by atoms with Crippen molar-refractivity contribution < 1.29 is 0 Å². The second-order valence-electron chi connectivity index (χ2n) is 6.66. The van der Waals surface area contributed by atoms with Crippen LogP contribution in [0.25, 0.3) is 0 Å². The predicted molar refractivity (Wildman–Crippen MR) is 84.9 cm³/mol. The third-order valence-electron chi connectivity index (χ3n) is 3.84. The lowest BCUT2D eigenvalue weighted by molar-refractivity contribution is 0.158. The van der Waals surface area contributed by atoms with Gasteiger partial charge in [-0.25, -0.2) is 0 Å². The number of rotatable bonds is 5. The summed E-state index contributed by atoms with van der Waals surface area (Å²) in [6, 6.07) is 2.99. The Bertz CT molecular complexity index is 392. The van der Waals surface area contributed by atoms with E-state index in [9.17, 15) is 0 Å². The van der Waals surface area contributed by atoms with Crippen LogP contribution in [0.5, 0.6) is 0 Å². The van der Waals surface area contributed by atoms with Gasteiger partial charge in [-0.05, 0) is 50.6 Å². The summed E-state index contributed by atoms with van der Waals surface area (Å²) in [6.07, 6.45) is 3.80. The van der Waals surface area contributed by atoms with Gasteiger partial charge in [0.15, 0.2) is 0 Å². The fraction of sp³-hybridized carbons (Fsp3) is 0.750. The van der Waals surface area contributed by atoms with Crippen molar-refractivity contribution in [2.45, 2.75) is 65.1 Å². The largest absolute Gasteiger partial charge is 0.311 e. The molecule has 3 heteroatoms. The van der Waals surface area contributed by atoms with Crippen molar-refractivity contribution in [1.29, 1.82) is 0 Å². The third kappa shape index (κ3) is 4.30. The van der Waals surface area contributed by atoms with E-state index in [1.807, 2.05) is 11.3 Å². The van der Waals surface area contributed by atoms with Crippen LogP contribution in [0.1, 0.15) is 51.0 Å². The van der Waals surface area contributed by atoms with Gasteiger partial charge in [-0.1, -0.05) is 13.3 Å². The van der Waals surface area contributed by atoms with E-state index in [0.29, 0.717) is 6.04 Å². The molecule has 1 aliphatic rings. The summed E-state index contributed by atoms with van der Waals surface area (Å²) in [5.41, 5.74) is 1.78. The first-order chi connectivity index (χ1) is 8.99. The lowest BCUT2D eigenvalue weighted by atomic mass is 10.0. The van der Waals surface area contributed by atoms with Crippen molar-refractivity contribution in [3.63, 3.8) is 0 Å². The zero-order valence-corrected chi connectivity index (χ0v) is 13.6. The van der Waals surface area contributed by atoms with E-state index in [4.69, 9.17) is 0 Å². The fourth-order valence-corrected chi connectivity index (χ4v) is 3.64. The minimum atomic E-state index is 0.218. The van der Waals surface area contributed by atoms with Crippen LogP contribution in [0.15, 0.2) is 11.4 Å². The molecule has 108 valence electrons. The summed E-state index contributed by atoms with van der Waals surface area (Å²) < 4.78 is 0. The smallest absolute Gasteiger partial charge is 0.0248 e. The Balaban J connectivity index is 1.96. The van der Waals surface area contributed by atoms with Gasteiger partial charge in [0.2, 0.25) is 0 Å². The molecule has 0 saturated carbocycles. The minimum absolute atomic E-state index is 0.218.